The van der Waals surface area contributed by atoms with E-state index in [1.807, 2.05) is 0 Å². The fraction of sp³-hybridized carbons (Fsp3) is 0.438. The van der Waals surface area contributed by atoms with E-state index < -0.39 is 10.9 Å². The lowest BCUT2D eigenvalue weighted by molar-refractivity contribution is -0.384. The van der Waals surface area contributed by atoms with Gasteiger partial charge in [-0.05, 0) is 24.8 Å². The number of carbonyl (C=O) groups is 1. The molecule has 1 saturated heterocycles. The first kappa shape index (κ1) is 18.5. The first-order valence-electron chi connectivity index (χ1n) is 8.13. The highest BCUT2D eigenvalue weighted by atomic mass is 35.5. The highest BCUT2D eigenvalue weighted by Gasteiger charge is 2.24. The summed E-state index contributed by atoms with van der Waals surface area (Å²) in [6, 6.07) is 4.28. The van der Waals surface area contributed by atoms with Crippen molar-refractivity contribution in [3.63, 3.8) is 0 Å². The number of rotatable bonds is 5. The van der Waals surface area contributed by atoms with Crippen LogP contribution in [-0.4, -0.2) is 33.6 Å². The van der Waals surface area contributed by atoms with E-state index in [1.165, 1.54) is 12.1 Å². The van der Waals surface area contributed by atoms with Gasteiger partial charge in [0.25, 0.3) is 5.69 Å². The molecule has 2 aromatic rings. The Morgan fingerprint density at radius 2 is 2.19 bits per heavy atom. The molecule has 0 radical (unpaired) electrons. The van der Waals surface area contributed by atoms with Crippen molar-refractivity contribution in [2.24, 2.45) is 5.92 Å². The Hall–Kier alpha value is -2.26. The molecule has 1 aromatic carbocycles. The number of nitrogens with zero attached hydrogens (tertiary/aromatic N) is 4. The molecule has 1 fully saturated rings. The predicted molar refractivity (Wildman–Crippen MR) is 97.7 cm³/mol. The third kappa shape index (κ3) is 4.10. The van der Waals surface area contributed by atoms with E-state index in [2.05, 4.69) is 21.4 Å². The van der Waals surface area contributed by atoms with Gasteiger partial charge in [-0.2, -0.15) is 0 Å². The van der Waals surface area contributed by atoms with Crippen LogP contribution in [0.3, 0.4) is 0 Å². The summed E-state index contributed by atoms with van der Waals surface area (Å²) in [5.41, 5.74) is 1.03. The standard InChI is InChI=1S/C16H17ClN4O4S/c1-10-4-6-20(7-5-10)14-3-2-11(21(23)24)8-12(14)16(22)25-9-13-15(17)26-19-18-13/h2-3,8,10H,4-7,9H2,1H3. The summed E-state index contributed by atoms with van der Waals surface area (Å²) in [6.45, 7) is 3.64. The fourth-order valence-corrected chi connectivity index (χ4v) is 3.42. The molecule has 1 aliphatic heterocycles. The smallest absolute Gasteiger partial charge is 0.340 e. The zero-order valence-corrected chi connectivity index (χ0v) is 15.6. The topological polar surface area (TPSA) is 98.5 Å². The summed E-state index contributed by atoms with van der Waals surface area (Å²) in [6.07, 6.45) is 2.01. The van der Waals surface area contributed by atoms with Gasteiger partial charge >= 0.3 is 5.97 Å². The Bertz CT molecular complexity index is 820. The van der Waals surface area contributed by atoms with E-state index >= 15 is 0 Å². The number of hydrogen-bond donors (Lipinski definition) is 0. The van der Waals surface area contributed by atoms with Crippen molar-refractivity contribution in [1.29, 1.82) is 0 Å². The van der Waals surface area contributed by atoms with Crippen molar-refractivity contribution in [3.8, 4) is 0 Å². The molecule has 3 rings (SSSR count). The van der Waals surface area contributed by atoms with Gasteiger partial charge in [0.05, 0.1) is 16.2 Å². The molecule has 1 aromatic heterocycles. The molecule has 26 heavy (non-hydrogen) atoms. The largest absolute Gasteiger partial charge is 0.455 e. The Morgan fingerprint density at radius 3 is 2.81 bits per heavy atom. The Morgan fingerprint density at radius 1 is 1.46 bits per heavy atom. The third-order valence-corrected chi connectivity index (χ3v) is 5.37. The molecule has 0 unspecified atom stereocenters. The van der Waals surface area contributed by atoms with Crippen LogP contribution >= 0.6 is 23.1 Å². The summed E-state index contributed by atoms with van der Waals surface area (Å²) in [7, 11) is 0. The van der Waals surface area contributed by atoms with Crippen LogP contribution in [0.5, 0.6) is 0 Å². The summed E-state index contributed by atoms with van der Waals surface area (Å²) in [4.78, 5) is 25.2. The van der Waals surface area contributed by atoms with Gasteiger partial charge in [0, 0.05) is 36.8 Å². The summed E-state index contributed by atoms with van der Waals surface area (Å²) in [5, 5.41) is 14.9. The van der Waals surface area contributed by atoms with Gasteiger partial charge in [-0.1, -0.05) is 23.0 Å². The molecule has 0 N–H and O–H groups in total. The Kier molecular flexibility index (Phi) is 5.67. The maximum absolute atomic E-state index is 12.6. The van der Waals surface area contributed by atoms with E-state index in [9.17, 15) is 14.9 Å². The van der Waals surface area contributed by atoms with Gasteiger partial charge in [-0.3, -0.25) is 10.1 Å². The maximum Gasteiger partial charge on any atom is 0.340 e. The minimum absolute atomic E-state index is 0.132. The third-order valence-electron chi connectivity index (χ3n) is 4.38. The molecule has 0 saturated carbocycles. The van der Waals surface area contributed by atoms with Crippen LogP contribution in [0.25, 0.3) is 0 Å². The number of carbonyl (C=O) groups excluding carboxylic acids is 1. The van der Waals surface area contributed by atoms with Crippen molar-refractivity contribution in [2.75, 3.05) is 18.0 Å². The minimum Gasteiger partial charge on any atom is -0.455 e. The minimum atomic E-state index is -0.647. The number of aromatic nitrogens is 2. The lowest BCUT2D eigenvalue weighted by Gasteiger charge is -2.33. The van der Waals surface area contributed by atoms with Gasteiger partial charge in [-0.15, -0.1) is 5.10 Å². The van der Waals surface area contributed by atoms with E-state index in [-0.39, 0.29) is 17.9 Å². The highest BCUT2D eigenvalue weighted by Crippen LogP contribution is 2.30. The fourth-order valence-electron chi connectivity index (χ4n) is 2.82. The van der Waals surface area contributed by atoms with Crippen molar-refractivity contribution in [2.45, 2.75) is 26.4 Å². The van der Waals surface area contributed by atoms with Gasteiger partial charge in [0.15, 0.2) is 0 Å². The van der Waals surface area contributed by atoms with Crippen LogP contribution in [0.2, 0.25) is 4.34 Å². The number of benzene rings is 1. The number of esters is 1. The number of anilines is 1. The van der Waals surface area contributed by atoms with Gasteiger partial charge < -0.3 is 9.64 Å². The second kappa shape index (κ2) is 7.96. The van der Waals surface area contributed by atoms with Gasteiger partial charge in [-0.25, -0.2) is 4.79 Å². The Labute approximate surface area is 159 Å². The molecular weight excluding hydrogens is 380 g/mol. The second-order valence-corrected chi connectivity index (χ2v) is 7.55. The monoisotopic (exact) mass is 396 g/mol. The van der Waals surface area contributed by atoms with Crippen molar-refractivity contribution >= 4 is 40.5 Å². The van der Waals surface area contributed by atoms with Gasteiger partial charge in [0.1, 0.15) is 16.6 Å². The lowest BCUT2D eigenvalue weighted by atomic mass is 9.98. The van der Waals surface area contributed by atoms with Crippen molar-refractivity contribution in [3.05, 3.63) is 43.9 Å². The van der Waals surface area contributed by atoms with E-state index in [0.717, 1.165) is 37.5 Å². The molecule has 0 bridgehead atoms. The quantitative estimate of drug-likeness (QED) is 0.431. The van der Waals surface area contributed by atoms with E-state index in [1.54, 1.807) is 6.07 Å². The van der Waals surface area contributed by atoms with Crippen molar-refractivity contribution in [1.82, 2.24) is 9.59 Å². The average Bonchev–Trinajstić information content (AvgIpc) is 3.05. The molecule has 0 aliphatic carbocycles. The number of ether oxygens (including phenoxy) is 1. The maximum atomic E-state index is 12.6. The molecular formula is C16H17ClN4O4S. The van der Waals surface area contributed by atoms with Crippen LogP contribution in [0.15, 0.2) is 18.2 Å². The zero-order valence-electron chi connectivity index (χ0n) is 14.1. The second-order valence-electron chi connectivity index (χ2n) is 6.20. The average molecular weight is 397 g/mol. The molecule has 0 amide bonds. The molecule has 138 valence electrons. The van der Waals surface area contributed by atoms with Crippen LogP contribution < -0.4 is 4.90 Å². The van der Waals surface area contributed by atoms with E-state index in [4.69, 9.17) is 16.3 Å². The van der Waals surface area contributed by atoms with Crippen LogP contribution in [0.4, 0.5) is 11.4 Å². The zero-order chi connectivity index (χ0) is 18.7. The first-order valence-corrected chi connectivity index (χ1v) is 9.28. The number of hydrogen-bond acceptors (Lipinski definition) is 8. The van der Waals surface area contributed by atoms with Crippen LogP contribution in [-0.2, 0) is 11.3 Å². The van der Waals surface area contributed by atoms with E-state index in [0.29, 0.717) is 21.6 Å². The summed E-state index contributed by atoms with van der Waals surface area (Å²) < 4.78 is 9.30. The normalized spacial score (nSPS) is 15.1. The lowest BCUT2D eigenvalue weighted by Crippen LogP contribution is -2.34. The van der Waals surface area contributed by atoms with Crippen LogP contribution in [0, 0.1) is 16.0 Å². The molecule has 8 nitrogen and oxygen atoms in total. The number of nitro groups is 1. The Balaban J connectivity index is 1.84. The molecule has 2 heterocycles. The first-order chi connectivity index (χ1) is 12.5. The number of piperidine rings is 1. The summed E-state index contributed by atoms with van der Waals surface area (Å²) in [5.74, 6) is -0.0228. The highest BCUT2D eigenvalue weighted by molar-refractivity contribution is 7.10. The number of non-ortho nitro benzene ring substituents is 1. The number of halogens is 1. The molecule has 10 heteroatoms. The van der Waals surface area contributed by atoms with Crippen molar-refractivity contribution < 1.29 is 14.5 Å². The molecule has 1 aliphatic rings. The number of nitro benzene ring substituents is 1. The van der Waals surface area contributed by atoms with Crippen LogP contribution in [0.1, 0.15) is 35.8 Å². The summed E-state index contributed by atoms with van der Waals surface area (Å²) >= 11 is 6.91. The van der Waals surface area contributed by atoms with Gasteiger partial charge in [0.2, 0.25) is 0 Å². The SMILES string of the molecule is CC1CCN(c2ccc([N+](=O)[O-])cc2C(=O)OCc2nnsc2Cl)CC1. The molecule has 0 spiro atoms. The predicted octanol–water partition coefficient (Wildman–Crippen LogP) is 3.69. The molecule has 0 atom stereocenters.